The summed E-state index contributed by atoms with van der Waals surface area (Å²) in [6.07, 6.45) is 5.46. The number of hydrogen-bond acceptors (Lipinski definition) is 5. The summed E-state index contributed by atoms with van der Waals surface area (Å²) < 4.78 is 22.0. The van der Waals surface area contributed by atoms with Crippen LogP contribution in [0.2, 0.25) is 51.4 Å². The van der Waals surface area contributed by atoms with Gasteiger partial charge in [0.05, 0.1) is 6.61 Å². The van der Waals surface area contributed by atoms with E-state index in [1.807, 2.05) is 12.1 Å². The van der Waals surface area contributed by atoms with Crippen molar-refractivity contribution in [3.05, 3.63) is 90.0 Å². The van der Waals surface area contributed by atoms with Gasteiger partial charge in [-0.05, 0) is 92.3 Å². The summed E-state index contributed by atoms with van der Waals surface area (Å²) in [4.78, 5) is 0. The van der Waals surface area contributed by atoms with Crippen molar-refractivity contribution in [3.8, 4) is 5.75 Å². The molecule has 0 aliphatic rings. The van der Waals surface area contributed by atoms with Crippen LogP contribution in [0.5, 0.6) is 5.75 Å². The maximum absolute atomic E-state index is 9.91. The van der Waals surface area contributed by atoms with Crippen LogP contribution in [-0.2, 0) is 25.4 Å². The fourth-order valence-electron chi connectivity index (χ4n) is 5.70. The third kappa shape index (κ3) is 10.1. The smallest absolute Gasteiger partial charge is 0.388 e. The number of benzene rings is 3. The zero-order chi connectivity index (χ0) is 30.9. The van der Waals surface area contributed by atoms with E-state index in [0.717, 1.165) is 40.9 Å². The van der Waals surface area contributed by atoms with E-state index < -0.39 is 33.8 Å². The van der Waals surface area contributed by atoms with Crippen LogP contribution in [-0.4, -0.2) is 44.0 Å². The van der Waals surface area contributed by atoms with Crippen molar-refractivity contribution in [3.63, 3.8) is 0 Å². The molecule has 0 heterocycles. The molecule has 9 heteroatoms. The number of hydrogen-bond donors (Lipinski definition) is 2. The molecule has 3 aromatic rings. The van der Waals surface area contributed by atoms with E-state index in [9.17, 15) is 10.2 Å². The Hall–Kier alpha value is -1.83. The topological polar surface area (TPSA) is 68.2 Å². The Labute approximate surface area is 258 Å². The molecule has 0 spiro atoms. The van der Waals surface area contributed by atoms with Gasteiger partial charge in [0, 0.05) is 5.56 Å². The minimum absolute atomic E-state index is 0.146. The molecule has 0 saturated heterocycles. The van der Waals surface area contributed by atoms with Crippen molar-refractivity contribution in [1.82, 2.24) is 0 Å². The quantitative estimate of drug-likeness (QED) is 0.119. The van der Waals surface area contributed by atoms with Gasteiger partial charge in [-0.15, -0.1) is 0 Å². The second kappa shape index (κ2) is 15.3. The lowest BCUT2D eigenvalue weighted by atomic mass is 10.1. The molecule has 0 unspecified atom stereocenters. The molecule has 230 valence electrons. The Bertz CT molecular complexity index is 1200. The van der Waals surface area contributed by atoms with Gasteiger partial charge in [-0.1, -0.05) is 92.9 Å². The monoisotopic (exact) mass is 640 g/mol. The zero-order valence-electron chi connectivity index (χ0n) is 26.8. The van der Waals surface area contributed by atoms with Crippen LogP contribution >= 0.6 is 0 Å². The van der Waals surface area contributed by atoms with Crippen molar-refractivity contribution in [1.29, 1.82) is 0 Å². The average molecular weight is 641 g/mol. The summed E-state index contributed by atoms with van der Waals surface area (Å²) in [5.74, 6) is 0.146. The van der Waals surface area contributed by atoms with E-state index in [4.69, 9.17) is 12.3 Å². The minimum Gasteiger partial charge on any atom is -0.508 e. The molecule has 3 aromatic carbocycles. The average Bonchev–Trinajstić information content (AvgIpc) is 2.93. The molecular weight excluding hydrogens is 589 g/mol. The normalized spacial score (nSPS) is 13.0. The first-order valence-electron chi connectivity index (χ1n) is 15.4. The molecule has 0 radical (unpaired) electrons. The van der Waals surface area contributed by atoms with Gasteiger partial charge in [-0.25, -0.2) is 0 Å². The molecule has 0 aliphatic carbocycles. The van der Waals surface area contributed by atoms with E-state index >= 15 is 0 Å². The third-order valence-electron chi connectivity index (χ3n) is 7.58. The molecule has 0 saturated carbocycles. The molecule has 0 aromatic heterocycles. The maximum atomic E-state index is 9.91. The summed E-state index contributed by atoms with van der Waals surface area (Å²) in [6, 6.07) is 28.8. The second-order valence-corrected chi connectivity index (χ2v) is 28.7. The van der Waals surface area contributed by atoms with Crippen LogP contribution in [0.15, 0.2) is 78.9 Å². The van der Waals surface area contributed by atoms with Crippen molar-refractivity contribution in [2.45, 2.75) is 97.0 Å². The highest BCUT2D eigenvalue weighted by Crippen LogP contribution is 2.29. The number of phenols is 1. The highest BCUT2D eigenvalue weighted by Gasteiger charge is 2.52. The van der Waals surface area contributed by atoms with Gasteiger partial charge < -0.3 is 22.6 Å². The highest BCUT2D eigenvalue weighted by atomic mass is 28.5. The molecule has 5 nitrogen and oxygen atoms in total. The number of rotatable bonds is 17. The molecule has 0 aliphatic heterocycles. The summed E-state index contributed by atoms with van der Waals surface area (Å²) in [6.45, 7) is 15.8. The van der Waals surface area contributed by atoms with Crippen molar-refractivity contribution in [2.75, 3.05) is 0 Å². The first-order chi connectivity index (χ1) is 19.8. The summed E-state index contributed by atoms with van der Waals surface area (Å²) in [5.41, 5.74) is 1.70. The Balaban J connectivity index is 1.87. The maximum Gasteiger partial charge on any atom is 0.388 e. The molecule has 0 atom stereocenters. The van der Waals surface area contributed by atoms with Crippen LogP contribution in [0.1, 0.15) is 43.7 Å². The van der Waals surface area contributed by atoms with Crippen molar-refractivity contribution < 1.29 is 22.6 Å². The molecule has 2 N–H and O–H groups in total. The number of aliphatic hydroxyl groups excluding tert-OH is 1. The van der Waals surface area contributed by atoms with Crippen LogP contribution in [0, 0.1) is 0 Å². The zero-order valence-corrected chi connectivity index (χ0v) is 30.8. The second-order valence-electron chi connectivity index (χ2n) is 13.0. The predicted molar refractivity (Wildman–Crippen MR) is 185 cm³/mol. The SMILES string of the molecule is CCCCC[Si](C)(C)O[Si](O[Si](C)(C)O[Si](C)(C)CCCc1ccc(O)c(CO)c1)(c1ccccc1)c1ccccc1. The summed E-state index contributed by atoms with van der Waals surface area (Å²) >= 11 is 0. The third-order valence-corrected chi connectivity index (χ3v) is 23.5. The Kier molecular flexibility index (Phi) is 12.6. The van der Waals surface area contributed by atoms with Crippen LogP contribution in [0.4, 0.5) is 0 Å². The number of aliphatic hydroxyl groups is 1. The molecule has 0 bridgehead atoms. The molecule has 3 rings (SSSR count). The standard InChI is InChI=1S/C33H52O5Si4/c1-8-9-16-25-40(4,5)37-42(31-19-12-10-13-20-31,32-21-14-11-15-22-32)38-41(6,7)36-39(2,3)26-17-18-29-23-24-33(35)30(27-29)28-34/h10-15,19-24,27,34-35H,8-9,16-18,25-26,28H2,1-7H3. The minimum atomic E-state index is -3.11. The van der Waals surface area contributed by atoms with E-state index in [2.05, 4.69) is 107 Å². The van der Waals surface area contributed by atoms with E-state index in [-0.39, 0.29) is 12.4 Å². The van der Waals surface area contributed by atoms with E-state index in [0.29, 0.717) is 5.56 Å². The van der Waals surface area contributed by atoms with Gasteiger partial charge in [-0.3, -0.25) is 0 Å². The van der Waals surface area contributed by atoms with Gasteiger partial charge in [0.1, 0.15) is 5.75 Å². The number of aryl methyl sites for hydroxylation is 1. The first kappa shape index (κ1) is 34.7. The lowest BCUT2D eigenvalue weighted by Gasteiger charge is -2.44. The number of aromatic hydroxyl groups is 1. The van der Waals surface area contributed by atoms with E-state index in [1.165, 1.54) is 19.3 Å². The lowest BCUT2D eigenvalue weighted by Crippen LogP contribution is -2.71. The van der Waals surface area contributed by atoms with Gasteiger partial charge in [-0.2, -0.15) is 0 Å². The van der Waals surface area contributed by atoms with Crippen LogP contribution < -0.4 is 10.4 Å². The lowest BCUT2D eigenvalue weighted by molar-refractivity contribution is 0.275. The van der Waals surface area contributed by atoms with Gasteiger partial charge in [0.2, 0.25) is 0 Å². The summed E-state index contributed by atoms with van der Waals surface area (Å²) in [7, 11) is -9.97. The molecular formula is C33H52O5Si4. The summed E-state index contributed by atoms with van der Waals surface area (Å²) in [5, 5.41) is 21.7. The van der Waals surface area contributed by atoms with Crippen LogP contribution in [0.3, 0.4) is 0 Å². The molecule has 0 fully saturated rings. The largest absolute Gasteiger partial charge is 0.508 e. The predicted octanol–water partition coefficient (Wildman–Crippen LogP) is 7.43. The van der Waals surface area contributed by atoms with Crippen molar-refractivity contribution in [2.24, 2.45) is 0 Å². The van der Waals surface area contributed by atoms with Gasteiger partial charge in [0.25, 0.3) is 0 Å². The van der Waals surface area contributed by atoms with Crippen molar-refractivity contribution >= 4 is 44.1 Å². The Morgan fingerprint density at radius 2 is 1.19 bits per heavy atom. The van der Waals surface area contributed by atoms with Crippen LogP contribution in [0.25, 0.3) is 0 Å². The highest BCUT2D eigenvalue weighted by molar-refractivity contribution is 7.02. The fraction of sp³-hybridized carbons (Fsp3) is 0.455. The first-order valence-corrected chi connectivity index (χ1v) is 26.3. The van der Waals surface area contributed by atoms with E-state index in [1.54, 1.807) is 6.07 Å². The number of unbranched alkanes of at least 4 members (excludes halogenated alkanes) is 2. The molecule has 0 amide bonds. The molecule has 42 heavy (non-hydrogen) atoms. The van der Waals surface area contributed by atoms with Gasteiger partial charge in [0.15, 0.2) is 16.6 Å². The fourth-order valence-corrected chi connectivity index (χ4v) is 24.4. The van der Waals surface area contributed by atoms with Gasteiger partial charge >= 0.3 is 17.1 Å². The Morgan fingerprint density at radius 1 is 0.643 bits per heavy atom. The Morgan fingerprint density at radius 3 is 1.74 bits per heavy atom.